The van der Waals surface area contributed by atoms with Crippen LogP contribution < -0.4 is 33.8 Å². The Morgan fingerprint density at radius 3 is 1.05 bits per heavy atom. The molecule has 0 spiro atoms. The second-order valence-corrected chi connectivity index (χ2v) is 32.4. The van der Waals surface area contributed by atoms with Crippen molar-refractivity contribution in [3.8, 4) is 22.9 Å². The SMILES string of the molecule is Nc1cnn(C(c2ccc(C(F)(F)F)cc2C(F)(F)F)C2CC2)c1.Nc1cnn(C(c2ccc(C(F)(F)F)cc2C(F)(F)F)C2CC2)c1.O=C(Nc1cnn(C(c2ccc(C(F)(F)F)cc2C(F)(F)F)C2CC2)c1)c1cc(-c2ccccn2)on1.O=C(O)c1cc(-c2ccccn2)on1.O=Cc1ccc(C(F)(F)F)cc1C(F)(F)F.O=[N+]([O-])c1cn[nH]c1.OC(c1ccc(C(F)(F)F)cc1C(F)(F)F)C1CC1.[Br-].[CH-]1CC1.[Mg+2]. The molecule has 5 aliphatic carbocycles. The maximum atomic E-state index is 13.8. The van der Waals surface area contributed by atoms with Gasteiger partial charge in [0, 0.05) is 48.7 Å². The fourth-order valence-corrected chi connectivity index (χ4v) is 13.9. The van der Waals surface area contributed by atoms with Gasteiger partial charge < -0.3 is 59.4 Å². The van der Waals surface area contributed by atoms with Crippen molar-refractivity contribution in [1.29, 1.82) is 0 Å². The molecule has 8 N–H and O–H groups in total. The summed E-state index contributed by atoms with van der Waals surface area (Å²) in [7, 11) is 0. The molecular formula is C90H71BrF30MgN16O9. The van der Waals surface area contributed by atoms with E-state index in [4.69, 9.17) is 25.6 Å². The van der Waals surface area contributed by atoms with Crippen LogP contribution in [0.3, 0.4) is 0 Å². The average Bonchev–Trinajstić information content (AvgIpc) is 1.47. The number of aliphatic hydroxyl groups is 1. The number of nitrogens with one attached hydrogen (secondary N) is 2. The van der Waals surface area contributed by atoms with E-state index in [0.29, 0.717) is 111 Å². The van der Waals surface area contributed by atoms with Gasteiger partial charge in [0.15, 0.2) is 29.2 Å². The summed E-state index contributed by atoms with van der Waals surface area (Å²) < 4.78 is 400. The number of benzene rings is 5. The number of aromatic carboxylic acids is 1. The predicted molar refractivity (Wildman–Crippen MR) is 452 cm³/mol. The van der Waals surface area contributed by atoms with E-state index in [0.717, 1.165) is 24.4 Å². The third-order valence-electron chi connectivity index (χ3n) is 21.4. The quantitative estimate of drug-likeness (QED) is 0.0116. The first-order chi connectivity index (χ1) is 67.5. The molecule has 25 nitrogen and oxygen atoms in total. The number of hydrogen-bond acceptors (Lipinski definition) is 18. The number of hydrogen-bond donors (Lipinski definition) is 6. The van der Waals surface area contributed by atoms with E-state index in [-0.39, 0.29) is 157 Å². The number of carbonyl (C=O) groups excluding carboxylic acids is 2. The number of carboxylic acid groups (broad SMARTS) is 1. The van der Waals surface area contributed by atoms with E-state index in [1.54, 1.807) is 48.8 Å². The molecule has 147 heavy (non-hydrogen) atoms. The molecule has 4 unspecified atom stereocenters. The number of carbonyl (C=O) groups is 3. The molecule has 8 aromatic heterocycles. The number of halogens is 31. The van der Waals surface area contributed by atoms with Crippen molar-refractivity contribution >= 4 is 64.0 Å². The van der Waals surface area contributed by atoms with E-state index >= 15 is 0 Å². The number of aromatic nitrogens is 12. The molecule has 5 saturated carbocycles. The monoisotopic (exact) mass is 2190 g/mol. The van der Waals surface area contributed by atoms with Crippen LogP contribution in [0.4, 0.5) is 154 Å². The third kappa shape index (κ3) is 32.7. The Kier molecular flexibility index (Phi) is 37.4. The summed E-state index contributed by atoms with van der Waals surface area (Å²) in [6, 6.07) is 17.8. The van der Waals surface area contributed by atoms with Gasteiger partial charge in [-0.15, -0.1) is 0 Å². The molecule has 784 valence electrons. The van der Waals surface area contributed by atoms with Gasteiger partial charge in [0.1, 0.15) is 17.6 Å². The standard InChI is InChI=1S/C24H17F6N5O2.2C15H13F6N3.C12H10F6O.C9H4F6O.C9H6N2O3.C3H3N3O2.C3H5.BrH.Mg/c25-23(26,27)14-6-7-16(17(9-14)24(28,29)30)21(13-4-5-13)35-12-15(11-32-35)33-22(36)19-10-20(37-34-19)18-3-1-2-8-31-18;2*16-14(17,18)9-3-4-11(12(5-9)15(19,20)21)13(8-1-2-8)24-7-10(22)6-23-24;13-11(14,15)7-3-4-8(10(19)6-1-2-6)9(5-7)12(16,17)18;10-8(11,12)6-2-1-5(4-16)7(3-6)9(13,14)15;12-9(13)7-5-8(14-11-7)6-3-1-2-4-10-6;7-6(8)3-1-4-5-2-3;1-2-3-1;;/h1-3,6-13,21H,4-5H2,(H,33,36);2*3-8,13H,1-2,22H2;3-6,10,19H,1-2H2;1-4H;1-5H,(H,12,13);1-2H,(H,4,5);1H,2-3H2;1H;/q;;;;;;;-1;;+2/p-1. The molecule has 18 rings (SSSR count). The minimum absolute atomic E-state index is 0. The second-order valence-electron chi connectivity index (χ2n) is 32.4. The van der Waals surface area contributed by atoms with Crippen molar-refractivity contribution in [3.05, 3.63) is 313 Å². The normalized spacial score (nSPS) is 15.0. The van der Waals surface area contributed by atoms with Crippen molar-refractivity contribution in [2.45, 2.75) is 150 Å². The minimum atomic E-state index is -5.01. The molecule has 8 heterocycles. The fraction of sp³-hybridized carbons (Fsp3) is 0.311. The van der Waals surface area contributed by atoms with Gasteiger partial charge in [-0.25, -0.2) is 17.6 Å². The Bertz CT molecular complexity index is 6450. The van der Waals surface area contributed by atoms with Crippen molar-refractivity contribution in [1.82, 2.24) is 59.8 Å². The molecular weight excluding hydrogens is 2120 g/mol. The number of H-pyrrole nitrogens is 1. The molecule has 0 radical (unpaired) electrons. The van der Waals surface area contributed by atoms with Crippen molar-refractivity contribution in [2.75, 3.05) is 16.8 Å². The van der Waals surface area contributed by atoms with Gasteiger partial charge >= 0.3 is 96.5 Å². The molecule has 4 atom stereocenters. The maximum Gasteiger partial charge on any atom is 2.00 e. The number of amides is 1. The van der Waals surface area contributed by atoms with Crippen molar-refractivity contribution < 1.29 is 187 Å². The number of aromatic amines is 1. The zero-order chi connectivity index (χ0) is 107. The van der Waals surface area contributed by atoms with Crippen LogP contribution in [0.15, 0.2) is 211 Å². The molecule has 0 aliphatic heterocycles. The third-order valence-corrected chi connectivity index (χ3v) is 21.4. The minimum Gasteiger partial charge on any atom is -1.00 e. The van der Waals surface area contributed by atoms with Crippen LogP contribution in [0.2, 0.25) is 0 Å². The molecule has 1 amide bonds. The van der Waals surface area contributed by atoms with E-state index in [1.807, 2.05) is 0 Å². The van der Waals surface area contributed by atoms with Crippen LogP contribution in [0.25, 0.3) is 22.9 Å². The second kappa shape index (κ2) is 47.0. The number of alkyl halides is 30. The molecule has 0 saturated heterocycles. The van der Waals surface area contributed by atoms with Crippen molar-refractivity contribution in [3.63, 3.8) is 0 Å². The number of nitrogens with zero attached hydrogens (tertiary/aromatic N) is 12. The summed E-state index contributed by atoms with van der Waals surface area (Å²) in [4.78, 5) is 50.8. The van der Waals surface area contributed by atoms with Gasteiger partial charge in [0.05, 0.1) is 127 Å². The number of rotatable bonds is 18. The van der Waals surface area contributed by atoms with Crippen LogP contribution in [0.1, 0.15) is 198 Å². The first-order valence-electron chi connectivity index (χ1n) is 41.9. The van der Waals surface area contributed by atoms with E-state index in [2.05, 4.69) is 57.5 Å². The van der Waals surface area contributed by atoms with E-state index in [1.165, 1.54) is 82.4 Å². The van der Waals surface area contributed by atoms with Gasteiger partial charge in [-0.05, 0) is 182 Å². The van der Waals surface area contributed by atoms with E-state index in [9.17, 15) is 161 Å². The Morgan fingerprint density at radius 2 is 0.776 bits per heavy atom. The topological polar surface area (TPSA) is 359 Å². The summed E-state index contributed by atoms with van der Waals surface area (Å²) in [5, 5.41) is 55.5. The molecule has 0 bridgehead atoms. The first kappa shape index (κ1) is 117. The molecule has 13 aromatic rings. The van der Waals surface area contributed by atoms with E-state index < -0.39 is 170 Å². The number of nitrogen functional groups attached to an aromatic ring is 2. The van der Waals surface area contributed by atoms with Gasteiger partial charge in [-0.2, -0.15) is 152 Å². The van der Waals surface area contributed by atoms with Gasteiger partial charge in [-0.1, -0.05) is 52.8 Å². The summed E-state index contributed by atoms with van der Waals surface area (Å²) in [6.07, 6.45) is -27.0. The summed E-state index contributed by atoms with van der Waals surface area (Å²) >= 11 is 0. The summed E-state index contributed by atoms with van der Waals surface area (Å²) in [5.41, 5.74) is -3.17. The zero-order valence-electron chi connectivity index (χ0n) is 74.1. The summed E-state index contributed by atoms with van der Waals surface area (Å²) in [5.74, 6) is -1.92. The number of pyridine rings is 2. The molecule has 5 aromatic carbocycles. The van der Waals surface area contributed by atoms with Crippen LogP contribution in [0, 0.1) is 40.2 Å². The van der Waals surface area contributed by atoms with Crippen LogP contribution in [-0.2, 0) is 61.8 Å². The summed E-state index contributed by atoms with van der Waals surface area (Å²) in [6.45, 7) is 0. The van der Waals surface area contributed by atoms with Crippen LogP contribution in [0.5, 0.6) is 0 Å². The molecule has 5 aliphatic rings. The maximum absolute atomic E-state index is 13.8. The van der Waals surface area contributed by atoms with Gasteiger partial charge in [0.2, 0.25) is 0 Å². The fourth-order valence-electron chi connectivity index (χ4n) is 13.9. The average molecular weight is 2190 g/mol. The smallest absolute Gasteiger partial charge is 1.00 e. The Balaban J connectivity index is 0.000000196. The number of nitrogens with two attached hydrogens (primary N) is 2. The number of aliphatic hydroxyl groups excluding tert-OH is 1. The number of anilines is 3. The van der Waals surface area contributed by atoms with Gasteiger partial charge in [-0.3, -0.25) is 48.8 Å². The Labute approximate surface area is 833 Å². The zero-order valence-corrected chi connectivity index (χ0v) is 77.1. The molecule has 57 heteroatoms. The number of nitro groups is 1. The largest absolute Gasteiger partial charge is 2.00 e. The predicted octanol–water partition coefficient (Wildman–Crippen LogP) is 22.3. The number of carboxylic acids is 1. The number of aldehydes is 1. The van der Waals surface area contributed by atoms with Crippen LogP contribution >= 0.6 is 0 Å². The molecule has 5 fully saturated rings. The van der Waals surface area contributed by atoms with Crippen molar-refractivity contribution in [2.24, 2.45) is 23.7 Å². The Hall–Kier alpha value is -13.6. The van der Waals surface area contributed by atoms with Crippen LogP contribution in [-0.4, -0.2) is 116 Å². The Morgan fingerprint density at radius 1 is 0.449 bits per heavy atom. The van der Waals surface area contributed by atoms with Gasteiger partial charge in [0.25, 0.3) is 5.91 Å². The first-order valence-corrected chi connectivity index (χ1v) is 41.9.